The predicted molar refractivity (Wildman–Crippen MR) is 73.7 cm³/mol. The van der Waals surface area contributed by atoms with Crippen LogP contribution in [0.3, 0.4) is 0 Å². The van der Waals surface area contributed by atoms with Crippen LogP contribution < -0.4 is 5.32 Å². The fourth-order valence-electron chi connectivity index (χ4n) is 1.69. The lowest BCUT2D eigenvalue weighted by molar-refractivity contribution is 1.21. The molecule has 0 aliphatic carbocycles. The van der Waals surface area contributed by atoms with E-state index in [2.05, 4.69) is 61.7 Å². The van der Waals surface area contributed by atoms with E-state index in [-0.39, 0.29) is 0 Å². The van der Waals surface area contributed by atoms with Crippen molar-refractivity contribution in [3.05, 3.63) is 48.1 Å². The van der Waals surface area contributed by atoms with Crippen molar-refractivity contribution in [2.45, 2.75) is 26.7 Å². The summed E-state index contributed by atoms with van der Waals surface area (Å²) in [6.07, 6.45) is 8.81. The highest BCUT2D eigenvalue weighted by Gasteiger charge is 2.02. The average Bonchev–Trinajstić information content (AvgIpc) is 2.34. The quantitative estimate of drug-likeness (QED) is 0.714. The number of allylic oxidation sites excluding steroid dienone is 4. The number of rotatable bonds is 5. The van der Waals surface area contributed by atoms with Gasteiger partial charge in [0.2, 0.25) is 0 Å². The number of hydrogen-bond donors (Lipinski definition) is 1. The molecule has 0 saturated carbocycles. The van der Waals surface area contributed by atoms with E-state index in [1.807, 2.05) is 7.05 Å². The Bertz CT molecular complexity index is 375. The molecule has 0 spiro atoms. The molecular weight excluding hydrogens is 194 g/mol. The standard InChI is InChI=1S/C15H21N/c1-4-6-10-13(9-5-2)14-11-7-8-12-15(14)16-3/h6-12,16H,4-5H2,1-3H3/b10-6-,13-9+. The Morgan fingerprint density at radius 3 is 2.56 bits per heavy atom. The van der Waals surface area contributed by atoms with Gasteiger partial charge < -0.3 is 5.32 Å². The lowest BCUT2D eigenvalue weighted by atomic mass is 10.0. The van der Waals surface area contributed by atoms with Crippen LogP contribution >= 0.6 is 0 Å². The minimum Gasteiger partial charge on any atom is -0.388 e. The summed E-state index contributed by atoms with van der Waals surface area (Å²) in [6, 6.07) is 8.41. The summed E-state index contributed by atoms with van der Waals surface area (Å²) < 4.78 is 0. The normalized spacial score (nSPS) is 12.1. The largest absolute Gasteiger partial charge is 0.388 e. The summed E-state index contributed by atoms with van der Waals surface area (Å²) in [7, 11) is 1.96. The van der Waals surface area contributed by atoms with Crippen molar-refractivity contribution in [1.29, 1.82) is 0 Å². The predicted octanol–water partition coefficient (Wildman–Crippen LogP) is 4.49. The third-order valence-corrected chi connectivity index (χ3v) is 2.46. The first-order chi connectivity index (χ1) is 7.83. The van der Waals surface area contributed by atoms with Crippen LogP contribution in [0.1, 0.15) is 32.3 Å². The molecule has 1 nitrogen and oxygen atoms in total. The minimum absolute atomic E-state index is 1.06. The first kappa shape index (κ1) is 12.6. The monoisotopic (exact) mass is 215 g/mol. The Balaban J connectivity index is 3.10. The molecule has 86 valence electrons. The lowest BCUT2D eigenvalue weighted by Gasteiger charge is -2.09. The molecule has 0 aromatic heterocycles. The Morgan fingerprint density at radius 2 is 1.94 bits per heavy atom. The fraction of sp³-hybridized carbons (Fsp3) is 0.333. The topological polar surface area (TPSA) is 12.0 Å². The van der Waals surface area contributed by atoms with E-state index in [9.17, 15) is 0 Å². The van der Waals surface area contributed by atoms with E-state index in [4.69, 9.17) is 0 Å². The van der Waals surface area contributed by atoms with Crippen molar-refractivity contribution >= 4 is 11.3 Å². The van der Waals surface area contributed by atoms with Crippen molar-refractivity contribution in [1.82, 2.24) is 0 Å². The first-order valence-corrected chi connectivity index (χ1v) is 5.97. The molecule has 1 aromatic carbocycles. The van der Waals surface area contributed by atoms with E-state index in [1.54, 1.807) is 0 Å². The van der Waals surface area contributed by atoms with Gasteiger partial charge in [0.25, 0.3) is 0 Å². The van der Waals surface area contributed by atoms with Gasteiger partial charge in [0.05, 0.1) is 0 Å². The van der Waals surface area contributed by atoms with Gasteiger partial charge in [-0.15, -0.1) is 0 Å². The van der Waals surface area contributed by atoms with Gasteiger partial charge in [-0.25, -0.2) is 0 Å². The van der Waals surface area contributed by atoms with Crippen LogP contribution in [-0.4, -0.2) is 7.05 Å². The number of benzene rings is 1. The van der Waals surface area contributed by atoms with Crippen LogP contribution in [0.4, 0.5) is 5.69 Å². The highest BCUT2D eigenvalue weighted by Crippen LogP contribution is 2.25. The molecule has 0 unspecified atom stereocenters. The van der Waals surface area contributed by atoms with Crippen LogP contribution in [0.25, 0.3) is 5.57 Å². The third kappa shape index (κ3) is 3.27. The SMILES string of the molecule is CC/C=C\C(=C/CC)c1ccccc1NC. The van der Waals surface area contributed by atoms with Crippen molar-refractivity contribution in [2.24, 2.45) is 0 Å². The molecule has 0 fully saturated rings. The summed E-state index contributed by atoms with van der Waals surface area (Å²) in [6.45, 7) is 4.33. The zero-order chi connectivity index (χ0) is 11.8. The van der Waals surface area contributed by atoms with Crippen molar-refractivity contribution in [3.8, 4) is 0 Å². The van der Waals surface area contributed by atoms with Gasteiger partial charge in [0.15, 0.2) is 0 Å². The molecule has 0 amide bonds. The second-order valence-electron chi connectivity index (χ2n) is 3.67. The van der Waals surface area contributed by atoms with Gasteiger partial charge in [-0.3, -0.25) is 0 Å². The number of anilines is 1. The average molecular weight is 215 g/mol. The third-order valence-electron chi connectivity index (χ3n) is 2.46. The number of hydrogen-bond acceptors (Lipinski definition) is 1. The van der Waals surface area contributed by atoms with Crippen molar-refractivity contribution < 1.29 is 0 Å². The van der Waals surface area contributed by atoms with Gasteiger partial charge >= 0.3 is 0 Å². The maximum absolute atomic E-state index is 3.24. The van der Waals surface area contributed by atoms with Crippen LogP contribution in [0.15, 0.2) is 42.5 Å². The van der Waals surface area contributed by atoms with Gasteiger partial charge in [0.1, 0.15) is 0 Å². The summed E-state index contributed by atoms with van der Waals surface area (Å²) >= 11 is 0. The Morgan fingerprint density at radius 1 is 1.19 bits per heavy atom. The van der Waals surface area contributed by atoms with E-state index in [1.165, 1.54) is 16.8 Å². The highest BCUT2D eigenvalue weighted by molar-refractivity contribution is 5.81. The number of para-hydroxylation sites is 1. The molecule has 1 aromatic rings. The zero-order valence-electron chi connectivity index (χ0n) is 10.5. The van der Waals surface area contributed by atoms with Gasteiger partial charge in [-0.1, -0.05) is 50.3 Å². The molecular formula is C15H21N. The smallest absolute Gasteiger partial charge is 0.0417 e. The molecule has 0 radical (unpaired) electrons. The molecule has 0 heterocycles. The Labute approximate surface area is 98.9 Å². The van der Waals surface area contributed by atoms with Crippen molar-refractivity contribution in [2.75, 3.05) is 12.4 Å². The fourth-order valence-corrected chi connectivity index (χ4v) is 1.69. The Kier molecular flexibility index (Phi) is 5.41. The molecule has 16 heavy (non-hydrogen) atoms. The van der Waals surface area contributed by atoms with E-state index >= 15 is 0 Å². The molecule has 0 atom stereocenters. The van der Waals surface area contributed by atoms with E-state index < -0.39 is 0 Å². The summed E-state index contributed by atoms with van der Waals surface area (Å²) in [4.78, 5) is 0. The van der Waals surface area contributed by atoms with E-state index in [0.29, 0.717) is 0 Å². The number of nitrogens with one attached hydrogen (secondary N) is 1. The molecule has 0 bridgehead atoms. The van der Waals surface area contributed by atoms with Gasteiger partial charge in [-0.05, 0) is 24.5 Å². The van der Waals surface area contributed by atoms with Crippen LogP contribution in [0.2, 0.25) is 0 Å². The van der Waals surface area contributed by atoms with Crippen LogP contribution in [0, 0.1) is 0 Å². The van der Waals surface area contributed by atoms with Crippen LogP contribution in [0.5, 0.6) is 0 Å². The van der Waals surface area contributed by atoms with Gasteiger partial charge in [-0.2, -0.15) is 0 Å². The molecule has 0 saturated heterocycles. The first-order valence-electron chi connectivity index (χ1n) is 5.97. The summed E-state index contributed by atoms with van der Waals surface area (Å²) in [5.41, 5.74) is 3.76. The molecule has 0 aliphatic rings. The van der Waals surface area contributed by atoms with Crippen LogP contribution in [-0.2, 0) is 0 Å². The molecule has 1 rings (SSSR count). The lowest BCUT2D eigenvalue weighted by Crippen LogP contribution is -1.93. The zero-order valence-corrected chi connectivity index (χ0v) is 10.5. The second kappa shape index (κ2) is 6.89. The Hall–Kier alpha value is -1.50. The molecule has 1 N–H and O–H groups in total. The van der Waals surface area contributed by atoms with E-state index in [0.717, 1.165) is 12.8 Å². The second-order valence-corrected chi connectivity index (χ2v) is 3.67. The highest BCUT2D eigenvalue weighted by atomic mass is 14.8. The van der Waals surface area contributed by atoms with Crippen molar-refractivity contribution in [3.63, 3.8) is 0 Å². The summed E-state index contributed by atoms with van der Waals surface area (Å²) in [5.74, 6) is 0. The van der Waals surface area contributed by atoms with Gasteiger partial charge in [0, 0.05) is 18.3 Å². The maximum atomic E-state index is 3.24. The molecule has 1 heteroatoms. The maximum Gasteiger partial charge on any atom is 0.0417 e. The minimum atomic E-state index is 1.06. The summed E-state index contributed by atoms with van der Waals surface area (Å²) in [5, 5.41) is 3.24. The molecule has 0 aliphatic heterocycles.